The summed E-state index contributed by atoms with van der Waals surface area (Å²) >= 11 is 6.33. The summed E-state index contributed by atoms with van der Waals surface area (Å²) in [7, 11) is 0. The maximum atomic E-state index is 8.92. The van der Waals surface area contributed by atoms with Crippen molar-refractivity contribution in [2.45, 2.75) is 33.2 Å². The monoisotopic (exact) mass is 284 g/mol. The van der Waals surface area contributed by atoms with Crippen LogP contribution in [0, 0.1) is 0 Å². The van der Waals surface area contributed by atoms with Crippen LogP contribution in [0.25, 0.3) is 0 Å². The van der Waals surface area contributed by atoms with E-state index in [0.717, 1.165) is 55.3 Å². The number of nitrogens with zero attached hydrogens (tertiary/aromatic N) is 1. The average Bonchev–Trinajstić information content (AvgIpc) is 2.42. The van der Waals surface area contributed by atoms with Crippen LogP contribution in [0.3, 0.4) is 0 Å². The van der Waals surface area contributed by atoms with Gasteiger partial charge in [0.05, 0.1) is 0 Å². The topological polar surface area (TPSA) is 35.5 Å². The van der Waals surface area contributed by atoms with Crippen LogP contribution >= 0.6 is 11.6 Å². The van der Waals surface area contributed by atoms with Gasteiger partial charge in [-0.1, -0.05) is 24.6 Å². The molecule has 0 heterocycles. The number of hydrogen-bond acceptors (Lipinski definition) is 3. The SMILES string of the molecule is CCCNCc1ccc(N(CC)CCCO)cc1Cl. The smallest absolute Gasteiger partial charge is 0.0471 e. The van der Waals surface area contributed by atoms with Gasteiger partial charge in [-0.25, -0.2) is 0 Å². The van der Waals surface area contributed by atoms with Crippen molar-refractivity contribution in [2.24, 2.45) is 0 Å². The molecule has 1 rings (SSSR count). The van der Waals surface area contributed by atoms with Gasteiger partial charge in [0.15, 0.2) is 0 Å². The van der Waals surface area contributed by atoms with E-state index in [2.05, 4.69) is 36.2 Å². The summed E-state index contributed by atoms with van der Waals surface area (Å²) in [5, 5.41) is 13.1. The van der Waals surface area contributed by atoms with Crippen LogP contribution in [0.1, 0.15) is 32.3 Å². The molecule has 0 saturated heterocycles. The summed E-state index contributed by atoms with van der Waals surface area (Å²) < 4.78 is 0. The largest absolute Gasteiger partial charge is 0.396 e. The van der Waals surface area contributed by atoms with Gasteiger partial charge in [0.1, 0.15) is 0 Å². The van der Waals surface area contributed by atoms with Crippen molar-refractivity contribution < 1.29 is 5.11 Å². The molecule has 0 amide bonds. The van der Waals surface area contributed by atoms with E-state index in [1.54, 1.807) is 0 Å². The Morgan fingerprint density at radius 2 is 2.11 bits per heavy atom. The van der Waals surface area contributed by atoms with Crippen molar-refractivity contribution in [3.63, 3.8) is 0 Å². The molecule has 1 aromatic carbocycles. The Morgan fingerprint density at radius 3 is 2.68 bits per heavy atom. The first-order chi connectivity index (χ1) is 9.22. The summed E-state index contributed by atoms with van der Waals surface area (Å²) in [5.41, 5.74) is 2.26. The third-order valence-electron chi connectivity index (χ3n) is 3.11. The number of aliphatic hydroxyl groups is 1. The molecule has 3 nitrogen and oxygen atoms in total. The minimum atomic E-state index is 0.225. The molecule has 0 saturated carbocycles. The highest BCUT2D eigenvalue weighted by Gasteiger charge is 2.07. The fourth-order valence-electron chi connectivity index (χ4n) is 2.01. The van der Waals surface area contributed by atoms with Crippen molar-refractivity contribution >= 4 is 17.3 Å². The molecule has 0 aliphatic carbocycles. The first-order valence-electron chi connectivity index (χ1n) is 7.07. The highest BCUT2D eigenvalue weighted by atomic mass is 35.5. The Balaban J connectivity index is 2.68. The summed E-state index contributed by atoms with van der Waals surface area (Å²) in [4.78, 5) is 2.23. The molecular formula is C15H25ClN2O. The van der Waals surface area contributed by atoms with Crippen molar-refractivity contribution in [3.8, 4) is 0 Å². The first kappa shape index (κ1) is 16.3. The molecule has 0 atom stereocenters. The number of halogens is 1. The number of nitrogens with one attached hydrogen (secondary N) is 1. The first-order valence-corrected chi connectivity index (χ1v) is 7.45. The lowest BCUT2D eigenvalue weighted by Gasteiger charge is -2.23. The minimum Gasteiger partial charge on any atom is -0.396 e. The number of hydrogen-bond donors (Lipinski definition) is 2. The molecule has 0 bridgehead atoms. The lowest BCUT2D eigenvalue weighted by atomic mass is 10.2. The van der Waals surface area contributed by atoms with Crippen LogP contribution in [0.2, 0.25) is 5.02 Å². The van der Waals surface area contributed by atoms with Crippen molar-refractivity contribution in [2.75, 3.05) is 31.1 Å². The Morgan fingerprint density at radius 1 is 1.32 bits per heavy atom. The summed E-state index contributed by atoms with van der Waals surface area (Å²) in [5.74, 6) is 0. The van der Waals surface area contributed by atoms with E-state index in [-0.39, 0.29) is 6.61 Å². The zero-order chi connectivity index (χ0) is 14.1. The second kappa shape index (κ2) is 9.18. The quantitative estimate of drug-likeness (QED) is 0.684. The highest BCUT2D eigenvalue weighted by Crippen LogP contribution is 2.24. The van der Waals surface area contributed by atoms with E-state index in [1.807, 2.05) is 6.07 Å². The molecule has 0 fully saturated rings. The van der Waals surface area contributed by atoms with Gasteiger partial charge in [-0.05, 0) is 44.0 Å². The van der Waals surface area contributed by atoms with Gasteiger partial charge in [-0.3, -0.25) is 0 Å². The predicted molar refractivity (Wildman–Crippen MR) is 83.0 cm³/mol. The maximum Gasteiger partial charge on any atom is 0.0471 e. The van der Waals surface area contributed by atoms with E-state index in [9.17, 15) is 0 Å². The molecule has 0 aromatic heterocycles. The third kappa shape index (κ3) is 5.39. The molecule has 0 spiro atoms. The van der Waals surface area contributed by atoms with Crippen LogP contribution in [-0.2, 0) is 6.54 Å². The van der Waals surface area contributed by atoms with Crippen LogP contribution < -0.4 is 10.2 Å². The van der Waals surface area contributed by atoms with Crippen LogP contribution in [0.15, 0.2) is 18.2 Å². The van der Waals surface area contributed by atoms with Gasteiger partial charge >= 0.3 is 0 Å². The van der Waals surface area contributed by atoms with Crippen LogP contribution in [0.4, 0.5) is 5.69 Å². The Kier molecular flexibility index (Phi) is 7.87. The fraction of sp³-hybridized carbons (Fsp3) is 0.600. The van der Waals surface area contributed by atoms with Crippen molar-refractivity contribution in [1.29, 1.82) is 0 Å². The maximum absolute atomic E-state index is 8.92. The molecule has 0 radical (unpaired) electrons. The normalized spacial score (nSPS) is 10.7. The Labute approximate surface area is 121 Å². The lowest BCUT2D eigenvalue weighted by Crippen LogP contribution is -2.24. The van der Waals surface area contributed by atoms with E-state index in [0.29, 0.717) is 0 Å². The molecule has 108 valence electrons. The van der Waals surface area contributed by atoms with Gasteiger partial charge in [-0.15, -0.1) is 0 Å². The molecule has 1 aromatic rings. The molecule has 4 heteroatoms. The molecule has 0 unspecified atom stereocenters. The Bertz CT molecular complexity index is 371. The number of aliphatic hydroxyl groups excluding tert-OH is 1. The zero-order valence-corrected chi connectivity index (χ0v) is 12.7. The van der Waals surface area contributed by atoms with E-state index >= 15 is 0 Å². The third-order valence-corrected chi connectivity index (χ3v) is 3.46. The fourth-order valence-corrected chi connectivity index (χ4v) is 2.25. The summed E-state index contributed by atoms with van der Waals surface area (Å²) in [6, 6.07) is 6.21. The second-order valence-corrected chi connectivity index (χ2v) is 5.02. The number of anilines is 1. The van der Waals surface area contributed by atoms with Gasteiger partial charge in [-0.2, -0.15) is 0 Å². The molecule has 0 aliphatic heterocycles. The molecule has 0 aliphatic rings. The molecular weight excluding hydrogens is 260 g/mol. The lowest BCUT2D eigenvalue weighted by molar-refractivity contribution is 0.289. The Hall–Kier alpha value is -0.770. The van der Waals surface area contributed by atoms with Crippen LogP contribution in [-0.4, -0.2) is 31.3 Å². The zero-order valence-electron chi connectivity index (χ0n) is 12.0. The minimum absolute atomic E-state index is 0.225. The van der Waals surface area contributed by atoms with Gasteiger partial charge in [0.25, 0.3) is 0 Å². The van der Waals surface area contributed by atoms with Crippen molar-refractivity contribution in [1.82, 2.24) is 5.32 Å². The van der Waals surface area contributed by atoms with E-state index < -0.39 is 0 Å². The second-order valence-electron chi connectivity index (χ2n) is 4.61. The summed E-state index contributed by atoms with van der Waals surface area (Å²) in [6.07, 6.45) is 1.91. The van der Waals surface area contributed by atoms with Gasteiger partial charge < -0.3 is 15.3 Å². The van der Waals surface area contributed by atoms with Gasteiger partial charge in [0.2, 0.25) is 0 Å². The molecule has 19 heavy (non-hydrogen) atoms. The standard InChI is InChI=1S/C15H25ClN2O/c1-3-8-17-12-13-6-7-14(11-15(13)16)18(4-2)9-5-10-19/h6-7,11,17,19H,3-5,8-10,12H2,1-2H3. The average molecular weight is 285 g/mol. The molecule has 2 N–H and O–H groups in total. The van der Waals surface area contributed by atoms with Crippen LogP contribution in [0.5, 0.6) is 0 Å². The van der Waals surface area contributed by atoms with Gasteiger partial charge in [0, 0.05) is 37.0 Å². The number of benzene rings is 1. The van der Waals surface area contributed by atoms with Crippen molar-refractivity contribution in [3.05, 3.63) is 28.8 Å². The van der Waals surface area contributed by atoms with E-state index in [1.165, 1.54) is 0 Å². The highest BCUT2D eigenvalue weighted by molar-refractivity contribution is 6.31. The number of rotatable bonds is 9. The predicted octanol–water partition coefficient (Wildman–Crippen LogP) is 3.05. The van der Waals surface area contributed by atoms with E-state index in [4.69, 9.17) is 16.7 Å². The summed E-state index contributed by atoms with van der Waals surface area (Å²) in [6.45, 7) is 8.09.